The first kappa shape index (κ1) is 18.6. The van der Waals surface area contributed by atoms with Gasteiger partial charge in [0, 0.05) is 30.6 Å². The lowest BCUT2D eigenvalue weighted by molar-refractivity contribution is -0.116. The van der Waals surface area contributed by atoms with Gasteiger partial charge in [0.25, 0.3) is 0 Å². The highest BCUT2D eigenvalue weighted by atomic mass is 32.2. The summed E-state index contributed by atoms with van der Waals surface area (Å²) >= 11 is 0. The number of nitrogens with one attached hydrogen (secondary N) is 2. The third kappa shape index (κ3) is 5.14. The molecule has 0 spiro atoms. The second-order valence-corrected chi connectivity index (χ2v) is 7.52. The van der Waals surface area contributed by atoms with E-state index in [2.05, 4.69) is 15.1 Å². The van der Waals surface area contributed by atoms with Gasteiger partial charge in [-0.3, -0.25) is 9.52 Å². The monoisotopic (exact) mass is 388 g/mol. The van der Waals surface area contributed by atoms with Gasteiger partial charge in [0.05, 0.1) is 17.0 Å². The minimum absolute atomic E-state index is 0.0787. The number of amides is 1. The van der Waals surface area contributed by atoms with Crippen molar-refractivity contribution in [2.75, 3.05) is 17.0 Å². The number of benzene rings is 1. The predicted molar refractivity (Wildman–Crippen MR) is 101 cm³/mol. The third-order valence-electron chi connectivity index (χ3n) is 3.66. The van der Waals surface area contributed by atoms with Crippen molar-refractivity contribution in [3.8, 4) is 0 Å². The summed E-state index contributed by atoms with van der Waals surface area (Å²) in [6.45, 7) is -0.0787. The maximum Gasteiger partial charge on any atom is 0.244 e. The lowest BCUT2D eigenvalue weighted by Gasteiger charge is -2.08. The van der Waals surface area contributed by atoms with Crippen LogP contribution in [0.2, 0.25) is 0 Å². The van der Waals surface area contributed by atoms with E-state index in [1.165, 1.54) is 18.2 Å². The third-order valence-corrected chi connectivity index (χ3v) is 4.95. The number of pyridine rings is 1. The van der Waals surface area contributed by atoms with Crippen LogP contribution in [0.5, 0.6) is 0 Å². The average Bonchev–Trinajstić information content (AvgIpc) is 3.08. The Morgan fingerprint density at radius 2 is 2.04 bits per heavy atom. The van der Waals surface area contributed by atoms with Crippen LogP contribution in [0.4, 0.5) is 10.1 Å². The zero-order valence-corrected chi connectivity index (χ0v) is 15.0. The van der Waals surface area contributed by atoms with Gasteiger partial charge in [0.15, 0.2) is 0 Å². The molecule has 2 heterocycles. The smallest absolute Gasteiger partial charge is 0.244 e. The van der Waals surface area contributed by atoms with Crippen LogP contribution in [0.1, 0.15) is 5.56 Å². The Hall–Kier alpha value is -3.20. The zero-order chi connectivity index (χ0) is 19.3. The van der Waals surface area contributed by atoms with Gasteiger partial charge in [-0.2, -0.15) is 5.10 Å². The molecule has 7 nitrogen and oxygen atoms in total. The van der Waals surface area contributed by atoms with Gasteiger partial charge in [-0.05, 0) is 30.3 Å². The molecule has 0 saturated heterocycles. The fraction of sp³-hybridized carbons (Fsp3) is 0.111. The molecule has 2 aromatic heterocycles. The molecule has 0 aliphatic heterocycles. The fourth-order valence-electron chi connectivity index (χ4n) is 2.36. The van der Waals surface area contributed by atoms with Crippen LogP contribution in [-0.2, 0) is 14.8 Å². The Kier molecular flexibility index (Phi) is 5.51. The highest BCUT2D eigenvalue weighted by Gasteiger charge is 2.11. The molecular weight excluding hydrogens is 371 g/mol. The van der Waals surface area contributed by atoms with Crippen molar-refractivity contribution in [2.24, 2.45) is 0 Å². The number of aromatic nitrogens is 2. The van der Waals surface area contributed by atoms with Crippen molar-refractivity contribution in [1.82, 2.24) is 14.9 Å². The minimum Gasteiger partial charge on any atom is -0.351 e. The van der Waals surface area contributed by atoms with Crippen molar-refractivity contribution in [2.45, 2.75) is 0 Å². The van der Waals surface area contributed by atoms with E-state index in [0.29, 0.717) is 5.69 Å². The standard InChI is InChI=1S/C18H17FN4O3S/c19-17-4-2-1-3-14(17)5-6-18(24)20-10-12-27(25,26)22-15-8-11-23-16(13-15)7-9-21-23/h1-9,11,13,22H,10,12H2,(H,20,24). The molecule has 0 fully saturated rings. The molecule has 0 aliphatic carbocycles. The molecule has 0 bridgehead atoms. The van der Waals surface area contributed by atoms with Crippen molar-refractivity contribution >= 4 is 33.2 Å². The highest BCUT2D eigenvalue weighted by Crippen LogP contribution is 2.13. The molecule has 0 aliphatic rings. The number of hydrogen-bond donors (Lipinski definition) is 2. The summed E-state index contributed by atoms with van der Waals surface area (Å²) in [7, 11) is -3.63. The number of hydrogen-bond acceptors (Lipinski definition) is 4. The lowest BCUT2D eigenvalue weighted by Crippen LogP contribution is -2.30. The van der Waals surface area contributed by atoms with Crippen molar-refractivity contribution < 1.29 is 17.6 Å². The van der Waals surface area contributed by atoms with Gasteiger partial charge in [0.2, 0.25) is 15.9 Å². The fourth-order valence-corrected chi connectivity index (χ4v) is 3.32. The van der Waals surface area contributed by atoms with Crippen molar-refractivity contribution in [3.05, 3.63) is 72.3 Å². The second-order valence-electron chi connectivity index (χ2n) is 5.68. The van der Waals surface area contributed by atoms with Gasteiger partial charge in [-0.15, -0.1) is 0 Å². The van der Waals surface area contributed by atoms with Crippen LogP contribution >= 0.6 is 0 Å². The van der Waals surface area contributed by atoms with Crippen LogP contribution in [0.25, 0.3) is 11.6 Å². The van der Waals surface area contributed by atoms with Gasteiger partial charge in [-0.25, -0.2) is 17.3 Å². The number of carbonyl (C=O) groups excluding carboxylic acids is 1. The summed E-state index contributed by atoms with van der Waals surface area (Å²) in [6.07, 6.45) is 5.74. The first-order valence-electron chi connectivity index (χ1n) is 8.07. The Labute approximate surface area is 155 Å². The largest absolute Gasteiger partial charge is 0.351 e. The lowest BCUT2D eigenvalue weighted by atomic mass is 10.2. The van der Waals surface area contributed by atoms with Gasteiger partial charge >= 0.3 is 0 Å². The molecule has 0 saturated carbocycles. The van der Waals surface area contributed by atoms with E-state index in [4.69, 9.17) is 0 Å². The Bertz CT molecular complexity index is 1090. The molecule has 9 heteroatoms. The number of anilines is 1. The van der Waals surface area contributed by atoms with Crippen LogP contribution in [-0.4, -0.2) is 36.2 Å². The Balaban J connectivity index is 1.51. The molecule has 27 heavy (non-hydrogen) atoms. The molecule has 2 N–H and O–H groups in total. The van der Waals surface area contributed by atoms with Gasteiger partial charge < -0.3 is 5.32 Å². The van der Waals surface area contributed by atoms with Crippen molar-refractivity contribution in [3.63, 3.8) is 0 Å². The number of fused-ring (bicyclic) bond motifs is 1. The Morgan fingerprint density at radius 1 is 1.22 bits per heavy atom. The second kappa shape index (κ2) is 8.00. The Morgan fingerprint density at radius 3 is 2.85 bits per heavy atom. The molecule has 1 amide bonds. The summed E-state index contributed by atoms with van der Waals surface area (Å²) in [4.78, 5) is 11.7. The first-order valence-corrected chi connectivity index (χ1v) is 9.72. The average molecular weight is 388 g/mol. The van der Waals surface area contributed by atoms with E-state index in [0.717, 1.165) is 11.6 Å². The molecular formula is C18H17FN4O3S. The molecule has 0 atom stereocenters. The van der Waals surface area contributed by atoms with Crippen LogP contribution < -0.4 is 10.0 Å². The summed E-state index contributed by atoms with van der Waals surface area (Å²) < 4.78 is 41.8. The number of halogens is 1. The quantitative estimate of drug-likeness (QED) is 0.606. The number of sulfonamides is 1. The van der Waals surface area contributed by atoms with Crippen LogP contribution in [0.3, 0.4) is 0 Å². The summed E-state index contributed by atoms with van der Waals surface area (Å²) in [5.74, 6) is -1.24. The van der Waals surface area contributed by atoms with Gasteiger partial charge in [-0.1, -0.05) is 18.2 Å². The SMILES string of the molecule is O=C(C=Cc1ccccc1F)NCCS(=O)(=O)Nc1ccn2nccc2c1. The number of carbonyl (C=O) groups is 1. The van der Waals surface area contributed by atoms with Crippen LogP contribution in [0.15, 0.2) is 60.9 Å². The number of rotatable bonds is 7. The predicted octanol–water partition coefficient (Wildman–Crippen LogP) is 2.04. The maximum atomic E-state index is 13.5. The van der Waals surface area contributed by atoms with E-state index >= 15 is 0 Å². The van der Waals surface area contributed by atoms with Crippen LogP contribution in [0, 0.1) is 5.82 Å². The van der Waals surface area contributed by atoms with E-state index in [1.807, 2.05) is 0 Å². The molecule has 3 rings (SSSR count). The van der Waals surface area contributed by atoms with E-state index in [-0.39, 0.29) is 17.9 Å². The molecule has 0 unspecified atom stereocenters. The molecule has 0 radical (unpaired) electrons. The maximum absolute atomic E-state index is 13.5. The topological polar surface area (TPSA) is 92.6 Å². The molecule has 3 aromatic rings. The number of nitrogens with zero attached hydrogens (tertiary/aromatic N) is 2. The molecule has 140 valence electrons. The van der Waals surface area contributed by atoms with Crippen molar-refractivity contribution in [1.29, 1.82) is 0 Å². The van der Waals surface area contributed by atoms with E-state index < -0.39 is 21.7 Å². The summed E-state index contributed by atoms with van der Waals surface area (Å²) in [5.41, 5.74) is 1.44. The zero-order valence-electron chi connectivity index (χ0n) is 14.2. The molecule has 1 aromatic carbocycles. The first-order chi connectivity index (χ1) is 12.9. The highest BCUT2D eigenvalue weighted by molar-refractivity contribution is 7.92. The van der Waals surface area contributed by atoms with E-state index in [1.54, 1.807) is 47.2 Å². The van der Waals surface area contributed by atoms with E-state index in [9.17, 15) is 17.6 Å². The minimum atomic E-state index is -3.63. The normalized spacial score (nSPS) is 11.7. The summed E-state index contributed by atoms with van der Waals surface area (Å²) in [5, 5.41) is 6.49. The summed E-state index contributed by atoms with van der Waals surface area (Å²) in [6, 6.07) is 11.0. The van der Waals surface area contributed by atoms with Gasteiger partial charge in [0.1, 0.15) is 5.82 Å².